The van der Waals surface area contributed by atoms with E-state index in [1.165, 1.54) is 21.8 Å². The SMILES string of the molecule is O=C(N[C@@H](C(=O)O)c1ccccc1)c1cc2c(s1)CCCC2. The summed E-state index contributed by atoms with van der Waals surface area (Å²) < 4.78 is 0. The summed E-state index contributed by atoms with van der Waals surface area (Å²) in [6.07, 6.45) is 4.36. The molecule has 0 bridgehead atoms. The third-order valence-electron chi connectivity index (χ3n) is 3.88. The molecule has 1 aromatic heterocycles. The molecular weight excluding hydrogens is 298 g/mol. The number of benzene rings is 1. The van der Waals surface area contributed by atoms with Crippen molar-refractivity contribution in [3.8, 4) is 0 Å². The molecule has 22 heavy (non-hydrogen) atoms. The summed E-state index contributed by atoms with van der Waals surface area (Å²) >= 11 is 1.49. The molecule has 0 spiro atoms. The Hall–Kier alpha value is -2.14. The number of carboxylic acid groups (broad SMARTS) is 1. The van der Waals surface area contributed by atoms with Gasteiger partial charge in [0.1, 0.15) is 0 Å². The van der Waals surface area contributed by atoms with Gasteiger partial charge in [-0.05, 0) is 42.9 Å². The van der Waals surface area contributed by atoms with E-state index in [4.69, 9.17) is 0 Å². The summed E-state index contributed by atoms with van der Waals surface area (Å²) in [6, 6.07) is 9.66. The van der Waals surface area contributed by atoms with Crippen LogP contribution in [0.4, 0.5) is 0 Å². The maximum absolute atomic E-state index is 12.4. The second-order valence-corrected chi connectivity index (χ2v) is 6.56. The third kappa shape index (κ3) is 3.04. The molecular formula is C17H17NO3S. The van der Waals surface area contributed by atoms with Crippen molar-refractivity contribution in [2.45, 2.75) is 31.7 Å². The van der Waals surface area contributed by atoms with Crippen LogP contribution in [0.25, 0.3) is 0 Å². The predicted octanol–water partition coefficient (Wildman–Crippen LogP) is 3.18. The first kappa shape index (κ1) is 14.8. The van der Waals surface area contributed by atoms with Gasteiger partial charge in [-0.2, -0.15) is 0 Å². The van der Waals surface area contributed by atoms with E-state index in [1.807, 2.05) is 12.1 Å². The highest BCUT2D eigenvalue weighted by Gasteiger charge is 2.24. The van der Waals surface area contributed by atoms with Gasteiger partial charge in [0, 0.05) is 4.88 Å². The van der Waals surface area contributed by atoms with Crippen LogP contribution in [0.3, 0.4) is 0 Å². The van der Waals surface area contributed by atoms with Crippen molar-refractivity contribution in [2.75, 3.05) is 0 Å². The lowest BCUT2D eigenvalue weighted by atomic mass is 9.99. The molecule has 1 aromatic carbocycles. The maximum Gasteiger partial charge on any atom is 0.330 e. The van der Waals surface area contributed by atoms with E-state index in [1.54, 1.807) is 24.3 Å². The van der Waals surface area contributed by atoms with Crippen LogP contribution in [0.2, 0.25) is 0 Å². The molecule has 3 rings (SSSR count). The Balaban J connectivity index is 1.79. The molecule has 2 aromatic rings. The molecule has 0 saturated heterocycles. The smallest absolute Gasteiger partial charge is 0.330 e. The third-order valence-corrected chi connectivity index (χ3v) is 5.11. The number of hydrogen-bond donors (Lipinski definition) is 2. The minimum absolute atomic E-state index is 0.310. The second kappa shape index (κ2) is 6.32. The second-order valence-electron chi connectivity index (χ2n) is 5.42. The van der Waals surface area contributed by atoms with Gasteiger partial charge in [-0.15, -0.1) is 11.3 Å². The molecule has 0 saturated carbocycles. The van der Waals surface area contributed by atoms with E-state index in [-0.39, 0.29) is 5.91 Å². The topological polar surface area (TPSA) is 66.4 Å². The average Bonchev–Trinajstić information content (AvgIpc) is 2.97. The van der Waals surface area contributed by atoms with Gasteiger partial charge in [-0.3, -0.25) is 4.79 Å². The fourth-order valence-electron chi connectivity index (χ4n) is 2.74. The highest BCUT2D eigenvalue weighted by atomic mass is 32.1. The summed E-state index contributed by atoms with van der Waals surface area (Å²) in [6.45, 7) is 0. The van der Waals surface area contributed by atoms with E-state index in [9.17, 15) is 14.7 Å². The van der Waals surface area contributed by atoms with Gasteiger partial charge in [0.15, 0.2) is 6.04 Å². The quantitative estimate of drug-likeness (QED) is 0.910. The molecule has 2 N–H and O–H groups in total. The van der Waals surface area contributed by atoms with Crippen molar-refractivity contribution >= 4 is 23.2 Å². The zero-order valence-corrected chi connectivity index (χ0v) is 12.9. The van der Waals surface area contributed by atoms with Crippen LogP contribution in [0.1, 0.15) is 44.6 Å². The normalized spacial score (nSPS) is 14.9. The van der Waals surface area contributed by atoms with Crippen molar-refractivity contribution in [1.29, 1.82) is 0 Å². The summed E-state index contributed by atoms with van der Waals surface area (Å²) in [5.74, 6) is -1.36. The van der Waals surface area contributed by atoms with Gasteiger partial charge in [-0.25, -0.2) is 4.79 Å². The van der Waals surface area contributed by atoms with Crippen molar-refractivity contribution in [3.05, 3.63) is 57.3 Å². The van der Waals surface area contributed by atoms with Gasteiger partial charge in [0.25, 0.3) is 5.91 Å². The zero-order chi connectivity index (χ0) is 15.5. The minimum Gasteiger partial charge on any atom is -0.479 e. The molecule has 1 heterocycles. The summed E-state index contributed by atoms with van der Waals surface area (Å²) in [7, 11) is 0. The van der Waals surface area contributed by atoms with Gasteiger partial charge in [0.2, 0.25) is 0 Å². The Bertz CT molecular complexity index is 670. The van der Waals surface area contributed by atoms with Crippen LogP contribution >= 0.6 is 11.3 Å². The number of thiophene rings is 1. The standard InChI is InChI=1S/C17H17NO3S/c19-16(14-10-12-8-4-5-9-13(12)22-14)18-15(17(20)21)11-6-2-1-3-7-11/h1-3,6-7,10,15H,4-5,8-9H2,(H,18,19)(H,20,21)/t15-/m1/s1. The van der Waals surface area contributed by atoms with E-state index in [0.717, 1.165) is 25.7 Å². The van der Waals surface area contributed by atoms with E-state index >= 15 is 0 Å². The Kier molecular flexibility index (Phi) is 4.24. The maximum atomic E-state index is 12.4. The monoisotopic (exact) mass is 315 g/mol. The lowest BCUT2D eigenvalue weighted by Gasteiger charge is -2.14. The van der Waals surface area contributed by atoms with Crippen LogP contribution in [0, 0.1) is 0 Å². The molecule has 0 radical (unpaired) electrons. The minimum atomic E-state index is -1.05. The number of carbonyl (C=O) groups is 2. The van der Waals surface area contributed by atoms with Crippen LogP contribution in [0.5, 0.6) is 0 Å². The summed E-state index contributed by atoms with van der Waals surface area (Å²) in [4.78, 5) is 25.7. The Morgan fingerprint density at radius 2 is 1.86 bits per heavy atom. The van der Waals surface area contributed by atoms with E-state index < -0.39 is 12.0 Å². The first-order valence-corrected chi connectivity index (χ1v) is 8.17. The number of amides is 1. The number of carboxylic acids is 1. The zero-order valence-electron chi connectivity index (χ0n) is 12.0. The van der Waals surface area contributed by atoms with Crippen LogP contribution in [-0.2, 0) is 17.6 Å². The van der Waals surface area contributed by atoms with Crippen molar-refractivity contribution < 1.29 is 14.7 Å². The van der Waals surface area contributed by atoms with Gasteiger partial charge < -0.3 is 10.4 Å². The number of hydrogen-bond acceptors (Lipinski definition) is 3. The molecule has 0 fully saturated rings. The fraction of sp³-hybridized carbons (Fsp3) is 0.294. The first-order valence-electron chi connectivity index (χ1n) is 7.35. The molecule has 1 atom stereocenters. The lowest BCUT2D eigenvalue weighted by molar-refractivity contribution is -0.139. The first-order chi connectivity index (χ1) is 10.6. The number of fused-ring (bicyclic) bond motifs is 1. The van der Waals surface area contributed by atoms with Gasteiger partial charge in [-0.1, -0.05) is 30.3 Å². The van der Waals surface area contributed by atoms with Crippen LogP contribution in [0.15, 0.2) is 36.4 Å². The van der Waals surface area contributed by atoms with E-state index in [2.05, 4.69) is 5.32 Å². The average molecular weight is 315 g/mol. The summed E-state index contributed by atoms with van der Waals surface area (Å²) in [5, 5.41) is 12.0. The molecule has 1 aliphatic rings. The van der Waals surface area contributed by atoms with Crippen molar-refractivity contribution in [2.24, 2.45) is 0 Å². The largest absolute Gasteiger partial charge is 0.479 e. The van der Waals surface area contributed by atoms with E-state index in [0.29, 0.717) is 10.4 Å². The highest BCUT2D eigenvalue weighted by Crippen LogP contribution is 2.30. The van der Waals surface area contributed by atoms with Crippen molar-refractivity contribution in [3.63, 3.8) is 0 Å². The van der Waals surface area contributed by atoms with Gasteiger partial charge in [0.05, 0.1) is 4.88 Å². The number of carbonyl (C=O) groups excluding carboxylic acids is 1. The van der Waals surface area contributed by atoms with Gasteiger partial charge >= 0.3 is 5.97 Å². The molecule has 4 nitrogen and oxygen atoms in total. The molecule has 0 unspecified atom stereocenters. The van der Waals surface area contributed by atoms with Crippen LogP contribution < -0.4 is 5.32 Å². The molecule has 0 aliphatic heterocycles. The summed E-state index contributed by atoms with van der Waals surface area (Å²) in [5.41, 5.74) is 1.82. The number of rotatable bonds is 4. The Morgan fingerprint density at radius 3 is 2.55 bits per heavy atom. The fourth-order valence-corrected chi connectivity index (χ4v) is 3.89. The van der Waals surface area contributed by atoms with Crippen LogP contribution in [-0.4, -0.2) is 17.0 Å². The molecule has 1 amide bonds. The Labute approximate surface area is 132 Å². The number of nitrogens with one attached hydrogen (secondary N) is 1. The molecule has 5 heteroatoms. The molecule has 1 aliphatic carbocycles. The molecule has 114 valence electrons. The lowest BCUT2D eigenvalue weighted by Crippen LogP contribution is -2.33. The van der Waals surface area contributed by atoms with Crippen molar-refractivity contribution in [1.82, 2.24) is 5.32 Å². The Morgan fingerprint density at radius 1 is 1.14 bits per heavy atom. The predicted molar refractivity (Wildman–Crippen MR) is 85.2 cm³/mol. The number of aliphatic carboxylic acids is 1. The highest BCUT2D eigenvalue weighted by molar-refractivity contribution is 7.14. The number of aryl methyl sites for hydroxylation is 2.